The van der Waals surface area contributed by atoms with Crippen LogP contribution in [0.1, 0.15) is 23.1 Å². The number of hydrogen-bond donors (Lipinski definition) is 1. The number of nitrogens with one attached hydrogen (secondary N) is 1. The standard InChI is InChI=1S/C18H22N2O4/c1-12-4-5-15-14(11-24-17(15)13(12)2)10-16(21)19-6-3-7-20-8-9-23-18(20)22/h4-5,11H,3,6-10H2,1-2H3,(H,19,21). The summed E-state index contributed by atoms with van der Waals surface area (Å²) in [5.74, 6) is -0.0417. The number of nitrogens with zero attached hydrogens (tertiary/aromatic N) is 1. The van der Waals surface area contributed by atoms with Crippen molar-refractivity contribution in [3.05, 3.63) is 35.1 Å². The number of aryl methyl sites for hydroxylation is 2. The maximum Gasteiger partial charge on any atom is 0.409 e. The molecule has 0 radical (unpaired) electrons. The van der Waals surface area contributed by atoms with Crippen molar-refractivity contribution < 1.29 is 18.7 Å². The fraction of sp³-hybridized carbons (Fsp3) is 0.444. The second-order valence-electron chi connectivity index (χ2n) is 6.13. The van der Waals surface area contributed by atoms with E-state index in [0.29, 0.717) is 39.1 Å². The minimum Gasteiger partial charge on any atom is -0.464 e. The number of fused-ring (bicyclic) bond motifs is 1. The van der Waals surface area contributed by atoms with Crippen LogP contribution in [-0.4, -0.2) is 43.1 Å². The van der Waals surface area contributed by atoms with Crippen molar-refractivity contribution in [3.8, 4) is 0 Å². The van der Waals surface area contributed by atoms with E-state index in [1.807, 2.05) is 26.0 Å². The van der Waals surface area contributed by atoms with Crippen LogP contribution in [0.15, 0.2) is 22.8 Å². The average Bonchev–Trinajstić information content (AvgIpc) is 3.15. The highest BCUT2D eigenvalue weighted by Crippen LogP contribution is 2.26. The van der Waals surface area contributed by atoms with Crippen LogP contribution in [-0.2, 0) is 16.0 Å². The summed E-state index contributed by atoms with van der Waals surface area (Å²) in [7, 11) is 0. The highest BCUT2D eigenvalue weighted by molar-refractivity contribution is 5.89. The molecule has 2 aromatic rings. The Hall–Kier alpha value is -2.50. The SMILES string of the molecule is Cc1ccc2c(CC(=O)NCCCN3CCOC3=O)coc2c1C. The zero-order chi connectivity index (χ0) is 17.1. The van der Waals surface area contributed by atoms with Crippen LogP contribution in [0.4, 0.5) is 4.79 Å². The number of ether oxygens (including phenoxy) is 1. The number of furan rings is 1. The summed E-state index contributed by atoms with van der Waals surface area (Å²) in [6.07, 6.45) is 2.40. The van der Waals surface area contributed by atoms with Crippen LogP contribution in [0.3, 0.4) is 0 Å². The van der Waals surface area contributed by atoms with Gasteiger partial charge in [-0.3, -0.25) is 4.79 Å². The molecule has 1 fully saturated rings. The zero-order valence-corrected chi connectivity index (χ0v) is 14.1. The van der Waals surface area contributed by atoms with Gasteiger partial charge in [-0.1, -0.05) is 12.1 Å². The number of cyclic esters (lactones) is 1. The van der Waals surface area contributed by atoms with Crippen LogP contribution in [0.5, 0.6) is 0 Å². The Morgan fingerprint density at radius 2 is 2.17 bits per heavy atom. The first-order chi connectivity index (χ1) is 11.6. The van der Waals surface area contributed by atoms with Gasteiger partial charge in [-0.2, -0.15) is 0 Å². The molecule has 1 aromatic heterocycles. The van der Waals surface area contributed by atoms with Crippen molar-refractivity contribution in [1.82, 2.24) is 10.2 Å². The largest absolute Gasteiger partial charge is 0.464 e. The Kier molecular flexibility index (Phi) is 4.74. The van der Waals surface area contributed by atoms with Gasteiger partial charge < -0.3 is 19.4 Å². The summed E-state index contributed by atoms with van der Waals surface area (Å²) >= 11 is 0. The van der Waals surface area contributed by atoms with Gasteiger partial charge in [0.2, 0.25) is 5.91 Å². The lowest BCUT2D eigenvalue weighted by Gasteiger charge is -2.12. The van der Waals surface area contributed by atoms with E-state index >= 15 is 0 Å². The Balaban J connectivity index is 1.50. The monoisotopic (exact) mass is 330 g/mol. The molecule has 2 heterocycles. The molecule has 0 saturated carbocycles. The summed E-state index contributed by atoms with van der Waals surface area (Å²) in [5.41, 5.74) is 4.03. The molecule has 128 valence electrons. The molecule has 2 amide bonds. The predicted octanol–water partition coefficient (Wildman–Crippen LogP) is 2.55. The van der Waals surface area contributed by atoms with Gasteiger partial charge >= 0.3 is 6.09 Å². The van der Waals surface area contributed by atoms with Crippen LogP contribution < -0.4 is 5.32 Å². The van der Waals surface area contributed by atoms with Crippen LogP contribution in [0.2, 0.25) is 0 Å². The first-order valence-electron chi connectivity index (χ1n) is 8.21. The smallest absolute Gasteiger partial charge is 0.409 e. The van der Waals surface area contributed by atoms with Gasteiger partial charge in [0.05, 0.1) is 19.2 Å². The molecular formula is C18H22N2O4. The molecule has 6 heteroatoms. The zero-order valence-electron chi connectivity index (χ0n) is 14.1. The van der Waals surface area contributed by atoms with Crippen molar-refractivity contribution in [2.75, 3.05) is 26.2 Å². The fourth-order valence-corrected chi connectivity index (χ4v) is 2.89. The van der Waals surface area contributed by atoms with E-state index in [1.165, 1.54) is 5.56 Å². The van der Waals surface area contributed by atoms with E-state index in [9.17, 15) is 9.59 Å². The average molecular weight is 330 g/mol. The molecular weight excluding hydrogens is 308 g/mol. The van der Waals surface area contributed by atoms with Crippen molar-refractivity contribution >= 4 is 23.0 Å². The summed E-state index contributed by atoms with van der Waals surface area (Å²) in [5, 5.41) is 3.88. The lowest BCUT2D eigenvalue weighted by molar-refractivity contribution is -0.120. The van der Waals surface area contributed by atoms with E-state index < -0.39 is 0 Å². The van der Waals surface area contributed by atoms with Crippen LogP contribution in [0, 0.1) is 13.8 Å². The van der Waals surface area contributed by atoms with E-state index in [0.717, 1.165) is 22.1 Å². The topological polar surface area (TPSA) is 71.8 Å². The van der Waals surface area contributed by atoms with Gasteiger partial charge in [0.25, 0.3) is 0 Å². The maximum absolute atomic E-state index is 12.1. The number of carbonyl (C=O) groups excluding carboxylic acids is 2. The lowest BCUT2D eigenvalue weighted by atomic mass is 10.0. The van der Waals surface area contributed by atoms with Crippen molar-refractivity contribution in [3.63, 3.8) is 0 Å². The number of carbonyl (C=O) groups is 2. The third-order valence-corrected chi connectivity index (χ3v) is 4.46. The first kappa shape index (κ1) is 16.4. The van der Waals surface area contributed by atoms with E-state index in [1.54, 1.807) is 11.2 Å². The van der Waals surface area contributed by atoms with Crippen molar-refractivity contribution in [2.24, 2.45) is 0 Å². The molecule has 1 aliphatic heterocycles. The van der Waals surface area contributed by atoms with Crippen LogP contribution >= 0.6 is 0 Å². The van der Waals surface area contributed by atoms with Crippen molar-refractivity contribution in [1.29, 1.82) is 0 Å². The second kappa shape index (κ2) is 6.95. The molecule has 0 spiro atoms. The number of benzene rings is 1. The normalized spacial score (nSPS) is 14.2. The Labute approximate surface area is 140 Å². The quantitative estimate of drug-likeness (QED) is 0.826. The van der Waals surface area contributed by atoms with Gasteiger partial charge in [-0.05, 0) is 31.4 Å². The van der Waals surface area contributed by atoms with E-state index in [2.05, 4.69) is 5.32 Å². The van der Waals surface area contributed by atoms with Gasteiger partial charge in [0, 0.05) is 24.0 Å². The number of amides is 2. The van der Waals surface area contributed by atoms with Gasteiger partial charge in [0.1, 0.15) is 12.2 Å². The summed E-state index contributed by atoms with van der Waals surface area (Å²) in [6, 6.07) is 4.05. The molecule has 1 aromatic carbocycles. The molecule has 1 N–H and O–H groups in total. The third-order valence-electron chi connectivity index (χ3n) is 4.46. The van der Waals surface area contributed by atoms with Crippen LogP contribution in [0.25, 0.3) is 11.0 Å². The summed E-state index contributed by atoms with van der Waals surface area (Å²) in [4.78, 5) is 25.1. The van der Waals surface area contributed by atoms with Gasteiger partial charge in [-0.25, -0.2) is 4.79 Å². The minimum atomic E-state index is -0.267. The first-order valence-corrected chi connectivity index (χ1v) is 8.21. The molecule has 0 aliphatic carbocycles. The Morgan fingerprint density at radius 3 is 2.92 bits per heavy atom. The second-order valence-corrected chi connectivity index (χ2v) is 6.13. The molecule has 3 rings (SSSR count). The molecule has 1 aliphatic rings. The molecule has 24 heavy (non-hydrogen) atoms. The molecule has 0 unspecified atom stereocenters. The Bertz CT molecular complexity index is 766. The number of rotatable bonds is 6. The molecule has 0 bridgehead atoms. The molecule has 6 nitrogen and oxygen atoms in total. The van der Waals surface area contributed by atoms with Crippen molar-refractivity contribution in [2.45, 2.75) is 26.7 Å². The lowest BCUT2D eigenvalue weighted by Crippen LogP contribution is -2.31. The minimum absolute atomic E-state index is 0.0417. The highest BCUT2D eigenvalue weighted by atomic mass is 16.6. The van der Waals surface area contributed by atoms with Gasteiger partial charge in [-0.15, -0.1) is 0 Å². The predicted molar refractivity (Wildman–Crippen MR) is 89.9 cm³/mol. The summed E-state index contributed by atoms with van der Waals surface area (Å²) in [6.45, 7) is 6.29. The molecule has 0 atom stereocenters. The molecule has 1 saturated heterocycles. The fourth-order valence-electron chi connectivity index (χ4n) is 2.89. The van der Waals surface area contributed by atoms with Gasteiger partial charge in [0.15, 0.2) is 0 Å². The number of hydrogen-bond acceptors (Lipinski definition) is 4. The third kappa shape index (κ3) is 3.37. The Morgan fingerprint density at radius 1 is 1.33 bits per heavy atom. The highest BCUT2D eigenvalue weighted by Gasteiger charge is 2.20. The van der Waals surface area contributed by atoms with E-state index in [4.69, 9.17) is 9.15 Å². The van der Waals surface area contributed by atoms with E-state index in [-0.39, 0.29) is 12.0 Å². The maximum atomic E-state index is 12.1. The summed E-state index contributed by atoms with van der Waals surface area (Å²) < 4.78 is 10.5.